The summed E-state index contributed by atoms with van der Waals surface area (Å²) in [5, 5.41) is 6.91. The SMILES string of the molecule is O=C(c1n[nH]c(=O)[nH]1)N1CCC(c2c[nH]c3cc(F)ccc23)CC1. The first-order chi connectivity index (χ1) is 11.6. The molecule has 0 aliphatic carbocycles. The Hall–Kier alpha value is -2.90. The smallest absolute Gasteiger partial charge is 0.341 e. The molecule has 0 bridgehead atoms. The highest BCUT2D eigenvalue weighted by Crippen LogP contribution is 2.33. The maximum Gasteiger partial charge on any atom is 0.341 e. The molecule has 1 fully saturated rings. The number of H-pyrrole nitrogens is 3. The molecule has 7 nitrogen and oxygen atoms in total. The monoisotopic (exact) mass is 329 g/mol. The Labute approximate surface area is 135 Å². The Bertz CT molecular complexity index is 949. The number of hydrogen-bond acceptors (Lipinski definition) is 3. The fourth-order valence-corrected chi connectivity index (χ4v) is 3.37. The molecule has 1 aliphatic heterocycles. The van der Waals surface area contributed by atoms with Crippen molar-refractivity contribution in [3.05, 3.63) is 52.1 Å². The zero-order chi connectivity index (χ0) is 16.7. The minimum atomic E-state index is -0.487. The van der Waals surface area contributed by atoms with Crippen LogP contribution in [0.1, 0.15) is 34.9 Å². The molecule has 3 heterocycles. The lowest BCUT2D eigenvalue weighted by atomic mass is 9.89. The molecule has 2 aromatic heterocycles. The third kappa shape index (κ3) is 2.49. The van der Waals surface area contributed by atoms with Crippen molar-refractivity contribution in [3.63, 3.8) is 0 Å². The van der Waals surface area contributed by atoms with E-state index in [9.17, 15) is 14.0 Å². The number of aromatic amines is 3. The number of benzene rings is 1. The van der Waals surface area contributed by atoms with Crippen molar-refractivity contribution in [3.8, 4) is 0 Å². The topological polar surface area (TPSA) is 97.6 Å². The van der Waals surface area contributed by atoms with Crippen LogP contribution in [0.15, 0.2) is 29.2 Å². The quantitative estimate of drug-likeness (QED) is 0.668. The highest BCUT2D eigenvalue weighted by atomic mass is 19.1. The summed E-state index contributed by atoms with van der Waals surface area (Å²) in [5.41, 5.74) is 1.46. The summed E-state index contributed by atoms with van der Waals surface area (Å²) in [5.74, 6) is -0.176. The van der Waals surface area contributed by atoms with Crippen molar-refractivity contribution < 1.29 is 9.18 Å². The number of carbonyl (C=O) groups is 1. The van der Waals surface area contributed by atoms with Crippen LogP contribution < -0.4 is 5.69 Å². The Balaban J connectivity index is 1.49. The molecular formula is C16H16FN5O2. The molecule has 8 heteroatoms. The zero-order valence-electron chi connectivity index (χ0n) is 12.8. The average Bonchev–Trinajstić information content (AvgIpc) is 3.20. The van der Waals surface area contributed by atoms with E-state index in [0.717, 1.165) is 29.3 Å². The van der Waals surface area contributed by atoms with Gasteiger partial charge in [0.25, 0.3) is 5.91 Å². The van der Waals surface area contributed by atoms with Crippen LogP contribution >= 0.6 is 0 Å². The summed E-state index contributed by atoms with van der Waals surface area (Å²) in [4.78, 5) is 30.5. The number of halogens is 1. The van der Waals surface area contributed by atoms with Crippen LogP contribution in [-0.2, 0) is 0 Å². The number of piperidine rings is 1. The summed E-state index contributed by atoms with van der Waals surface area (Å²) in [6.07, 6.45) is 3.55. The number of fused-ring (bicyclic) bond motifs is 1. The predicted octanol–water partition coefficient (Wildman–Crippen LogP) is 1.74. The highest BCUT2D eigenvalue weighted by molar-refractivity contribution is 5.90. The van der Waals surface area contributed by atoms with E-state index >= 15 is 0 Å². The first kappa shape index (κ1) is 14.7. The molecule has 1 amide bonds. The van der Waals surface area contributed by atoms with Crippen LogP contribution in [0.2, 0.25) is 0 Å². The molecule has 3 aromatic rings. The van der Waals surface area contributed by atoms with Gasteiger partial charge in [0, 0.05) is 30.2 Å². The average molecular weight is 329 g/mol. The van der Waals surface area contributed by atoms with E-state index in [1.165, 1.54) is 12.1 Å². The fourth-order valence-electron chi connectivity index (χ4n) is 3.37. The van der Waals surface area contributed by atoms with E-state index in [2.05, 4.69) is 20.2 Å². The minimum Gasteiger partial charge on any atom is -0.361 e. The van der Waals surface area contributed by atoms with Crippen molar-refractivity contribution in [2.75, 3.05) is 13.1 Å². The number of hydrogen-bond donors (Lipinski definition) is 3. The minimum absolute atomic E-state index is 0.0426. The van der Waals surface area contributed by atoms with Crippen LogP contribution in [0.4, 0.5) is 4.39 Å². The zero-order valence-corrected chi connectivity index (χ0v) is 12.8. The van der Waals surface area contributed by atoms with Crippen molar-refractivity contribution >= 4 is 16.8 Å². The predicted molar refractivity (Wildman–Crippen MR) is 85.3 cm³/mol. The highest BCUT2D eigenvalue weighted by Gasteiger charge is 2.27. The number of nitrogens with one attached hydrogen (secondary N) is 3. The van der Waals surface area contributed by atoms with Gasteiger partial charge in [0.1, 0.15) is 5.82 Å². The van der Waals surface area contributed by atoms with Gasteiger partial charge < -0.3 is 9.88 Å². The summed E-state index contributed by atoms with van der Waals surface area (Å²) < 4.78 is 13.3. The second kappa shape index (κ2) is 5.63. The van der Waals surface area contributed by atoms with Gasteiger partial charge in [-0.2, -0.15) is 0 Å². The summed E-state index contributed by atoms with van der Waals surface area (Å²) in [6.45, 7) is 1.18. The lowest BCUT2D eigenvalue weighted by molar-refractivity contribution is 0.0701. The molecule has 0 atom stereocenters. The van der Waals surface area contributed by atoms with Crippen molar-refractivity contribution in [2.24, 2.45) is 0 Å². The number of aromatic nitrogens is 4. The maximum absolute atomic E-state index is 13.3. The summed E-state index contributed by atoms with van der Waals surface area (Å²) >= 11 is 0. The molecule has 0 spiro atoms. The van der Waals surface area contributed by atoms with Crippen LogP contribution in [0.3, 0.4) is 0 Å². The van der Waals surface area contributed by atoms with Gasteiger partial charge in [-0.1, -0.05) is 0 Å². The number of carbonyl (C=O) groups excluding carboxylic acids is 1. The third-order valence-corrected chi connectivity index (χ3v) is 4.60. The lowest BCUT2D eigenvalue weighted by Gasteiger charge is -2.31. The van der Waals surface area contributed by atoms with Gasteiger partial charge in [-0.25, -0.2) is 14.3 Å². The van der Waals surface area contributed by atoms with Gasteiger partial charge in [-0.05, 0) is 42.5 Å². The van der Waals surface area contributed by atoms with E-state index in [0.29, 0.717) is 19.0 Å². The first-order valence-corrected chi connectivity index (χ1v) is 7.82. The van der Waals surface area contributed by atoms with Crippen LogP contribution in [0, 0.1) is 5.82 Å². The second-order valence-electron chi connectivity index (χ2n) is 6.03. The molecule has 24 heavy (non-hydrogen) atoms. The molecule has 4 rings (SSSR count). The van der Waals surface area contributed by atoms with Crippen molar-refractivity contribution in [1.29, 1.82) is 0 Å². The van der Waals surface area contributed by atoms with Gasteiger partial charge in [-0.15, -0.1) is 5.10 Å². The van der Waals surface area contributed by atoms with Gasteiger partial charge in [0.2, 0.25) is 5.82 Å². The van der Waals surface area contributed by atoms with Crippen LogP contribution in [-0.4, -0.2) is 44.1 Å². The van der Waals surface area contributed by atoms with Crippen molar-refractivity contribution in [1.82, 2.24) is 25.1 Å². The summed E-state index contributed by atoms with van der Waals surface area (Å²) in [6, 6.07) is 4.75. The fraction of sp³-hybridized carbons (Fsp3) is 0.312. The van der Waals surface area contributed by atoms with E-state index in [1.807, 2.05) is 6.20 Å². The third-order valence-electron chi connectivity index (χ3n) is 4.60. The van der Waals surface area contributed by atoms with E-state index < -0.39 is 5.69 Å². The van der Waals surface area contributed by atoms with Gasteiger partial charge in [-0.3, -0.25) is 9.78 Å². The standard InChI is InChI=1S/C16H16FN5O2/c17-10-1-2-11-12(8-18-13(11)7-10)9-3-5-22(6-4-9)15(23)14-19-16(24)21-20-14/h1-2,7-9,18H,3-6H2,(H2,19,20,21,24). The maximum atomic E-state index is 13.3. The lowest BCUT2D eigenvalue weighted by Crippen LogP contribution is -2.38. The molecule has 0 unspecified atom stereocenters. The molecule has 0 saturated carbocycles. The number of nitrogens with zero attached hydrogens (tertiary/aromatic N) is 2. The normalized spacial score (nSPS) is 16.0. The van der Waals surface area contributed by atoms with Crippen LogP contribution in [0.5, 0.6) is 0 Å². The number of amides is 1. The molecule has 3 N–H and O–H groups in total. The van der Waals surface area contributed by atoms with Crippen molar-refractivity contribution in [2.45, 2.75) is 18.8 Å². The Morgan fingerprint density at radius 3 is 2.79 bits per heavy atom. The molecule has 1 saturated heterocycles. The molecular weight excluding hydrogens is 313 g/mol. The Morgan fingerprint density at radius 1 is 1.29 bits per heavy atom. The van der Waals surface area contributed by atoms with Gasteiger partial charge in [0.05, 0.1) is 0 Å². The number of likely N-dealkylation sites (tertiary alicyclic amines) is 1. The van der Waals surface area contributed by atoms with E-state index in [4.69, 9.17) is 0 Å². The van der Waals surface area contributed by atoms with E-state index in [1.54, 1.807) is 11.0 Å². The largest absolute Gasteiger partial charge is 0.361 e. The Kier molecular flexibility index (Phi) is 3.44. The van der Waals surface area contributed by atoms with E-state index in [-0.39, 0.29) is 17.5 Å². The van der Waals surface area contributed by atoms with Crippen LogP contribution in [0.25, 0.3) is 10.9 Å². The number of rotatable bonds is 2. The Morgan fingerprint density at radius 2 is 2.08 bits per heavy atom. The second-order valence-corrected chi connectivity index (χ2v) is 6.03. The first-order valence-electron chi connectivity index (χ1n) is 7.82. The molecule has 1 aliphatic rings. The molecule has 124 valence electrons. The molecule has 1 aromatic carbocycles. The van der Waals surface area contributed by atoms with Gasteiger partial charge >= 0.3 is 5.69 Å². The summed E-state index contributed by atoms with van der Waals surface area (Å²) in [7, 11) is 0. The molecule has 0 radical (unpaired) electrons. The van der Waals surface area contributed by atoms with Gasteiger partial charge in [0.15, 0.2) is 0 Å².